The molecular weight excluding hydrogens is 444 g/mol. The average Bonchev–Trinajstić information content (AvgIpc) is 3.54. The molecule has 7 nitrogen and oxygen atoms in total. The summed E-state index contributed by atoms with van der Waals surface area (Å²) in [6.45, 7) is 3.72. The molecule has 3 aromatic rings. The number of rotatable bonds is 8. The van der Waals surface area contributed by atoms with E-state index in [1.165, 1.54) is 11.2 Å². The molecule has 1 aliphatic rings. The number of carbonyl (C=O) groups is 2. The normalized spacial score (nSPS) is 14.4. The van der Waals surface area contributed by atoms with Gasteiger partial charge in [-0.15, -0.1) is 0 Å². The summed E-state index contributed by atoms with van der Waals surface area (Å²) in [6, 6.07) is 13.6. The lowest BCUT2D eigenvalue weighted by Crippen LogP contribution is -2.46. The first kappa shape index (κ1) is 24.4. The Morgan fingerprint density at radius 1 is 1.00 bits per heavy atom. The first-order valence-electron chi connectivity index (χ1n) is 11.9. The number of methoxy groups -OCH3 is 2. The number of aryl methyl sites for hydroxylation is 2. The van der Waals surface area contributed by atoms with E-state index in [-0.39, 0.29) is 17.9 Å². The summed E-state index contributed by atoms with van der Waals surface area (Å²) in [5, 5.41) is 3.19. The van der Waals surface area contributed by atoms with Crippen molar-refractivity contribution in [2.75, 3.05) is 19.1 Å². The van der Waals surface area contributed by atoms with Crippen LogP contribution < -0.4 is 19.7 Å². The number of nitrogens with one attached hydrogen (secondary N) is 1. The van der Waals surface area contributed by atoms with E-state index in [1.807, 2.05) is 31.2 Å². The second-order valence-corrected chi connectivity index (χ2v) is 8.90. The molecule has 1 aromatic heterocycles. The molecule has 0 aliphatic heterocycles. The van der Waals surface area contributed by atoms with Crippen molar-refractivity contribution in [3.05, 3.63) is 77.2 Å². The molecule has 0 radical (unpaired) electrons. The molecule has 1 saturated carbocycles. The fraction of sp³-hybridized carbons (Fsp3) is 0.357. The maximum absolute atomic E-state index is 14.0. The van der Waals surface area contributed by atoms with Crippen molar-refractivity contribution >= 4 is 17.5 Å². The Hall–Kier alpha value is -3.74. The SMILES string of the molecule is COc1ccc([C@@H](C(=O)NC2CCCC2)N(C(=O)c2ccoc2C)c2ccc(C)cc2)c(OC)c1. The van der Waals surface area contributed by atoms with Gasteiger partial charge in [0.2, 0.25) is 5.91 Å². The Balaban J connectivity index is 1.88. The van der Waals surface area contributed by atoms with Crippen molar-refractivity contribution in [1.29, 1.82) is 0 Å². The molecule has 7 heteroatoms. The maximum Gasteiger partial charge on any atom is 0.262 e. The van der Waals surface area contributed by atoms with Crippen molar-refractivity contribution in [2.45, 2.75) is 51.6 Å². The lowest BCUT2D eigenvalue weighted by molar-refractivity contribution is -0.123. The highest BCUT2D eigenvalue weighted by Gasteiger charge is 2.37. The van der Waals surface area contributed by atoms with Gasteiger partial charge in [0.1, 0.15) is 23.3 Å². The molecule has 1 heterocycles. The number of nitrogens with zero attached hydrogens (tertiary/aromatic N) is 1. The third kappa shape index (κ3) is 5.19. The smallest absolute Gasteiger partial charge is 0.262 e. The van der Waals surface area contributed by atoms with Crippen molar-refractivity contribution in [1.82, 2.24) is 5.32 Å². The summed E-state index contributed by atoms with van der Waals surface area (Å²) in [5.74, 6) is 0.966. The van der Waals surface area contributed by atoms with E-state index in [0.717, 1.165) is 31.2 Å². The van der Waals surface area contributed by atoms with E-state index in [2.05, 4.69) is 5.32 Å². The topological polar surface area (TPSA) is 81.0 Å². The first-order valence-corrected chi connectivity index (χ1v) is 11.9. The zero-order chi connectivity index (χ0) is 24.9. The summed E-state index contributed by atoms with van der Waals surface area (Å²) in [5.41, 5.74) is 2.62. The van der Waals surface area contributed by atoms with Crippen LogP contribution in [0, 0.1) is 13.8 Å². The van der Waals surface area contributed by atoms with Crippen molar-refractivity contribution in [2.24, 2.45) is 0 Å². The predicted molar refractivity (Wildman–Crippen MR) is 134 cm³/mol. The van der Waals surface area contributed by atoms with Gasteiger partial charge in [0, 0.05) is 23.4 Å². The van der Waals surface area contributed by atoms with Crippen LogP contribution in [0.1, 0.15) is 59.0 Å². The average molecular weight is 477 g/mol. The van der Waals surface area contributed by atoms with E-state index in [9.17, 15) is 9.59 Å². The number of furan rings is 1. The number of carbonyl (C=O) groups excluding carboxylic acids is 2. The van der Waals surface area contributed by atoms with E-state index < -0.39 is 6.04 Å². The number of amides is 2. The molecule has 0 bridgehead atoms. The van der Waals surface area contributed by atoms with Gasteiger partial charge in [-0.3, -0.25) is 14.5 Å². The first-order chi connectivity index (χ1) is 16.9. The minimum atomic E-state index is -0.971. The van der Waals surface area contributed by atoms with Gasteiger partial charge in [0.25, 0.3) is 5.91 Å². The van der Waals surface area contributed by atoms with Crippen LogP contribution in [-0.2, 0) is 4.79 Å². The summed E-state index contributed by atoms with van der Waals surface area (Å²) < 4.78 is 16.5. The molecule has 35 heavy (non-hydrogen) atoms. The third-order valence-corrected chi connectivity index (χ3v) is 6.56. The Morgan fingerprint density at radius 2 is 1.71 bits per heavy atom. The lowest BCUT2D eigenvalue weighted by Gasteiger charge is -2.33. The van der Waals surface area contributed by atoms with E-state index in [4.69, 9.17) is 13.9 Å². The number of hydrogen-bond acceptors (Lipinski definition) is 5. The lowest BCUT2D eigenvalue weighted by atomic mass is 9.99. The second kappa shape index (κ2) is 10.7. The molecule has 1 atom stereocenters. The molecule has 2 amide bonds. The maximum atomic E-state index is 14.0. The summed E-state index contributed by atoms with van der Waals surface area (Å²) in [7, 11) is 3.12. The molecule has 1 aliphatic carbocycles. The van der Waals surface area contributed by atoms with Gasteiger partial charge in [-0.2, -0.15) is 0 Å². The van der Waals surface area contributed by atoms with Crippen LogP contribution in [0.3, 0.4) is 0 Å². The minimum absolute atomic E-state index is 0.0832. The van der Waals surface area contributed by atoms with Gasteiger partial charge in [-0.05, 0) is 57.0 Å². The molecule has 0 unspecified atom stereocenters. The number of anilines is 1. The number of benzene rings is 2. The molecule has 1 N–H and O–H groups in total. The largest absolute Gasteiger partial charge is 0.497 e. The fourth-order valence-corrected chi connectivity index (χ4v) is 4.62. The quantitative estimate of drug-likeness (QED) is 0.473. The Labute approximate surface area is 206 Å². The highest BCUT2D eigenvalue weighted by Crippen LogP contribution is 2.37. The fourth-order valence-electron chi connectivity index (χ4n) is 4.62. The molecule has 184 valence electrons. The standard InChI is InChI=1S/C28H32N2O5/c1-18-9-11-21(12-10-18)30(28(32)23-15-16-35-19(23)2)26(27(31)29-20-7-5-6-8-20)24-14-13-22(33-3)17-25(24)34-4/h9-17,20,26H,5-8H2,1-4H3,(H,29,31)/t26-/m0/s1. The monoisotopic (exact) mass is 476 g/mol. The van der Waals surface area contributed by atoms with Crippen LogP contribution >= 0.6 is 0 Å². The molecular formula is C28H32N2O5. The number of hydrogen-bond donors (Lipinski definition) is 1. The zero-order valence-electron chi connectivity index (χ0n) is 20.7. The zero-order valence-corrected chi connectivity index (χ0v) is 20.7. The van der Waals surface area contributed by atoms with Crippen LogP contribution in [0.25, 0.3) is 0 Å². The highest BCUT2D eigenvalue weighted by atomic mass is 16.5. The van der Waals surface area contributed by atoms with E-state index >= 15 is 0 Å². The summed E-state index contributed by atoms with van der Waals surface area (Å²) >= 11 is 0. The third-order valence-electron chi connectivity index (χ3n) is 6.56. The van der Waals surface area contributed by atoms with E-state index in [0.29, 0.717) is 34.1 Å². The van der Waals surface area contributed by atoms with Gasteiger partial charge >= 0.3 is 0 Å². The van der Waals surface area contributed by atoms with Crippen molar-refractivity contribution in [3.8, 4) is 11.5 Å². The van der Waals surface area contributed by atoms with Gasteiger partial charge in [-0.25, -0.2) is 0 Å². The van der Waals surface area contributed by atoms with Crippen LogP contribution in [0.4, 0.5) is 5.69 Å². The molecule has 0 saturated heterocycles. The predicted octanol–water partition coefficient (Wildman–Crippen LogP) is 5.36. The van der Waals surface area contributed by atoms with Gasteiger partial charge < -0.3 is 19.2 Å². The van der Waals surface area contributed by atoms with Crippen molar-refractivity contribution < 1.29 is 23.5 Å². The Kier molecular flexibility index (Phi) is 7.44. The van der Waals surface area contributed by atoms with Crippen LogP contribution in [-0.4, -0.2) is 32.1 Å². The molecule has 0 spiro atoms. The minimum Gasteiger partial charge on any atom is -0.497 e. The second-order valence-electron chi connectivity index (χ2n) is 8.90. The summed E-state index contributed by atoms with van der Waals surface area (Å²) in [4.78, 5) is 29.5. The molecule has 2 aromatic carbocycles. The van der Waals surface area contributed by atoms with Gasteiger partial charge in [0.05, 0.1) is 26.0 Å². The van der Waals surface area contributed by atoms with Gasteiger partial charge in [-0.1, -0.05) is 30.5 Å². The molecule has 4 rings (SSSR count). The Bertz CT molecular complexity index is 1180. The highest BCUT2D eigenvalue weighted by molar-refractivity contribution is 6.10. The number of ether oxygens (including phenoxy) is 2. The Morgan fingerprint density at radius 3 is 2.31 bits per heavy atom. The van der Waals surface area contributed by atoms with Gasteiger partial charge in [0.15, 0.2) is 0 Å². The van der Waals surface area contributed by atoms with Crippen molar-refractivity contribution in [3.63, 3.8) is 0 Å². The van der Waals surface area contributed by atoms with Crippen LogP contribution in [0.5, 0.6) is 11.5 Å². The summed E-state index contributed by atoms with van der Waals surface area (Å²) in [6.07, 6.45) is 5.50. The van der Waals surface area contributed by atoms with E-state index in [1.54, 1.807) is 45.4 Å². The van der Waals surface area contributed by atoms with Crippen LogP contribution in [0.2, 0.25) is 0 Å². The molecule has 1 fully saturated rings. The van der Waals surface area contributed by atoms with Crippen LogP contribution in [0.15, 0.2) is 59.2 Å².